The summed E-state index contributed by atoms with van der Waals surface area (Å²) >= 11 is 6.00. The molecule has 0 radical (unpaired) electrons. The van der Waals surface area contributed by atoms with E-state index in [4.69, 9.17) is 11.6 Å². The Morgan fingerprint density at radius 1 is 1.38 bits per heavy atom. The molecule has 0 fully saturated rings. The van der Waals surface area contributed by atoms with Crippen molar-refractivity contribution in [2.45, 2.75) is 26.8 Å². The standard InChI is InChI=1S/C11H16ClN/c1-3-6-13-8-10-5-4-9(2)11(12)7-10/h4-5,7,13H,3,6,8H2,1-2H3. The number of nitrogens with one attached hydrogen (secondary N) is 1. The van der Waals surface area contributed by atoms with Crippen molar-refractivity contribution < 1.29 is 0 Å². The Bertz CT molecular complexity index is 271. The van der Waals surface area contributed by atoms with E-state index in [1.54, 1.807) is 0 Å². The molecule has 1 aromatic carbocycles. The van der Waals surface area contributed by atoms with Gasteiger partial charge in [-0.05, 0) is 37.1 Å². The number of rotatable bonds is 4. The van der Waals surface area contributed by atoms with Gasteiger partial charge in [0.05, 0.1) is 0 Å². The van der Waals surface area contributed by atoms with Gasteiger partial charge in [-0.1, -0.05) is 30.7 Å². The Balaban J connectivity index is 2.53. The molecule has 0 aliphatic rings. The first-order valence-electron chi connectivity index (χ1n) is 4.69. The molecular formula is C11H16ClN. The predicted molar refractivity (Wildman–Crippen MR) is 58.2 cm³/mol. The van der Waals surface area contributed by atoms with Gasteiger partial charge in [-0.15, -0.1) is 0 Å². The van der Waals surface area contributed by atoms with Crippen molar-refractivity contribution in [3.63, 3.8) is 0 Å². The summed E-state index contributed by atoms with van der Waals surface area (Å²) in [4.78, 5) is 0. The van der Waals surface area contributed by atoms with Gasteiger partial charge in [0.2, 0.25) is 0 Å². The maximum absolute atomic E-state index is 6.00. The number of aryl methyl sites for hydroxylation is 1. The maximum Gasteiger partial charge on any atom is 0.0438 e. The van der Waals surface area contributed by atoms with Crippen LogP contribution in [0.3, 0.4) is 0 Å². The maximum atomic E-state index is 6.00. The Morgan fingerprint density at radius 2 is 2.15 bits per heavy atom. The molecule has 0 saturated heterocycles. The van der Waals surface area contributed by atoms with Crippen LogP contribution in [0.5, 0.6) is 0 Å². The van der Waals surface area contributed by atoms with E-state index in [0.29, 0.717) is 0 Å². The third-order valence-corrected chi connectivity index (χ3v) is 2.40. The van der Waals surface area contributed by atoms with Gasteiger partial charge in [0.15, 0.2) is 0 Å². The van der Waals surface area contributed by atoms with Crippen molar-refractivity contribution in [2.75, 3.05) is 6.54 Å². The molecule has 0 aliphatic carbocycles. The van der Waals surface area contributed by atoms with Crippen molar-refractivity contribution in [1.29, 1.82) is 0 Å². The molecule has 1 nitrogen and oxygen atoms in total. The van der Waals surface area contributed by atoms with Gasteiger partial charge in [0.25, 0.3) is 0 Å². The van der Waals surface area contributed by atoms with Gasteiger partial charge < -0.3 is 5.32 Å². The smallest absolute Gasteiger partial charge is 0.0438 e. The quantitative estimate of drug-likeness (QED) is 0.732. The summed E-state index contributed by atoms with van der Waals surface area (Å²) in [7, 11) is 0. The number of halogens is 1. The van der Waals surface area contributed by atoms with E-state index in [1.165, 1.54) is 12.0 Å². The van der Waals surface area contributed by atoms with Crippen LogP contribution in [0, 0.1) is 6.92 Å². The summed E-state index contributed by atoms with van der Waals surface area (Å²) in [5.74, 6) is 0. The van der Waals surface area contributed by atoms with Crippen molar-refractivity contribution in [3.8, 4) is 0 Å². The Morgan fingerprint density at radius 3 is 2.77 bits per heavy atom. The molecule has 1 aromatic rings. The van der Waals surface area contributed by atoms with Crippen LogP contribution in [0.25, 0.3) is 0 Å². The van der Waals surface area contributed by atoms with Gasteiger partial charge >= 0.3 is 0 Å². The number of hydrogen-bond donors (Lipinski definition) is 1. The van der Waals surface area contributed by atoms with Gasteiger partial charge in [-0.25, -0.2) is 0 Å². The highest BCUT2D eigenvalue weighted by Crippen LogP contribution is 2.16. The van der Waals surface area contributed by atoms with Crippen LogP contribution in [0.1, 0.15) is 24.5 Å². The summed E-state index contributed by atoms with van der Waals surface area (Å²) in [5, 5.41) is 4.20. The molecule has 0 atom stereocenters. The lowest BCUT2D eigenvalue weighted by atomic mass is 10.1. The largest absolute Gasteiger partial charge is 0.313 e. The Kier molecular flexibility index (Phi) is 4.26. The molecule has 0 spiro atoms. The van der Waals surface area contributed by atoms with Crippen LogP contribution in [-0.4, -0.2) is 6.54 Å². The minimum Gasteiger partial charge on any atom is -0.313 e. The van der Waals surface area contributed by atoms with Gasteiger partial charge in [0.1, 0.15) is 0 Å². The van der Waals surface area contributed by atoms with E-state index in [-0.39, 0.29) is 0 Å². The second kappa shape index (κ2) is 5.25. The van der Waals surface area contributed by atoms with E-state index in [0.717, 1.165) is 23.7 Å². The Labute approximate surface area is 85.1 Å². The fraction of sp³-hybridized carbons (Fsp3) is 0.455. The van der Waals surface area contributed by atoms with Crippen LogP contribution < -0.4 is 5.32 Å². The lowest BCUT2D eigenvalue weighted by Crippen LogP contribution is -2.13. The van der Waals surface area contributed by atoms with E-state index >= 15 is 0 Å². The van der Waals surface area contributed by atoms with Crippen molar-refractivity contribution >= 4 is 11.6 Å². The van der Waals surface area contributed by atoms with E-state index in [2.05, 4.69) is 24.4 Å². The summed E-state index contributed by atoms with van der Waals surface area (Å²) in [6, 6.07) is 6.20. The zero-order valence-electron chi connectivity index (χ0n) is 8.23. The molecule has 0 amide bonds. The first-order chi connectivity index (χ1) is 6.24. The van der Waals surface area contributed by atoms with Gasteiger partial charge in [-0.3, -0.25) is 0 Å². The molecular weight excluding hydrogens is 182 g/mol. The Hall–Kier alpha value is -0.530. The van der Waals surface area contributed by atoms with Crippen LogP contribution in [0.2, 0.25) is 5.02 Å². The van der Waals surface area contributed by atoms with E-state index in [9.17, 15) is 0 Å². The molecule has 0 unspecified atom stereocenters. The fourth-order valence-corrected chi connectivity index (χ4v) is 1.36. The van der Waals surface area contributed by atoms with Crippen LogP contribution >= 0.6 is 11.6 Å². The normalized spacial score (nSPS) is 10.4. The lowest BCUT2D eigenvalue weighted by molar-refractivity contribution is 0.675. The molecule has 1 rings (SSSR count). The minimum absolute atomic E-state index is 0.857. The van der Waals surface area contributed by atoms with Crippen LogP contribution in [-0.2, 0) is 6.54 Å². The molecule has 0 heterocycles. The van der Waals surface area contributed by atoms with Crippen molar-refractivity contribution in [3.05, 3.63) is 34.3 Å². The summed E-state index contributed by atoms with van der Waals surface area (Å²) < 4.78 is 0. The molecule has 2 heteroatoms. The predicted octanol–water partition coefficient (Wildman–Crippen LogP) is 3.15. The second-order valence-corrected chi connectivity index (χ2v) is 3.67. The monoisotopic (exact) mass is 197 g/mol. The summed E-state index contributed by atoms with van der Waals surface area (Å²) in [6.45, 7) is 6.15. The molecule has 0 bridgehead atoms. The zero-order valence-corrected chi connectivity index (χ0v) is 8.99. The highest BCUT2D eigenvalue weighted by atomic mass is 35.5. The first-order valence-corrected chi connectivity index (χ1v) is 5.07. The fourth-order valence-electron chi connectivity index (χ4n) is 1.16. The van der Waals surface area contributed by atoms with Gasteiger partial charge in [0, 0.05) is 11.6 Å². The second-order valence-electron chi connectivity index (χ2n) is 3.26. The number of hydrogen-bond acceptors (Lipinski definition) is 1. The van der Waals surface area contributed by atoms with E-state index in [1.807, 2.05) is 13.0 Å². The number of benzene rings is 1. The summed E-state index contributed by atoms with van der Waals surface area (Å²) in [6.07, 6.45) is 1.17. The van der Waals surface area contributed by atoms with E-state index < -0.39 is 0 Å². The molecule has 1 N–H and O–H groups in total. The third-order valence-electron chi connectivity index (χ3n) is 1.99. The van der Waals surface area contributed by atoms with Crippen molar-refractivity contribution in [2.24, 2.45) is 0 Å². The highest BCUT2D eigenvalue weighted by molar-refractivity contribution is 6.31. The lowest BCUT2D eigenvalue weighted by Gasteiger charge is -2.04. The summed E-state index contributed by atoms with van der Waals surface area (Å²) in [5.41, 5.74) is 2.39. The molecule has 0 aliphatic heterocycles. The van der Waals surface area contributed by atoms with Crippen LogP contribution in [0.15, 0.2) is 18.2 Å². The average molecular weight is 198 g/mol. The van der Waals surface area contributed by atoms with Gasteiger partial charge in [-0.2, -0.15) is 0 Å². The SMILES string of the molecule is CCCNCc1ccc(C)c(Cl)c1. The highest BCUT2D eigenvalue weighted by Gasteiger charge is 1.96. The minimum atomic E-state index is 0.857. The first kappa shape index (κ1) is 10.6. The van der Waals surface area contributed by atoms with Crippen molar-refractivity contribution in [1.82, 2.24) is 5.32 Å². The third kappa shape index (κ3) is 3.37. The topological polar surface area (TPSA) is 12.0 Å². The average Bonchev–Trinajstić information content (AvgIpc) is 2.12. The molecule has 72 valence electrons. The molecule has 0 saturated carbocycles. The van der Waals surface area contributed by atoms with Crippen LogP contribution in [0.4, 0.5) is 0 Å². The zero-order chi connectivity index (χ0) is 9.68. The molecule has 13 heavy (non-hydrogen) atoms. The molecule has 0 aromatic heterocycles.